The molecule has 0 saturated carbocycles. The summed E-state index contributed by atoms with van der Waals surface area (Å²) in [6.45, 7) is 0. The molecule has 0 aliphatic heterocycles. The lowest BCUT2D eigenvalue weighted by Gasteiger charge is -2.30. The zero-order chi connectivity index (χ0) is 16.4. The van der Waals surface area contributed by atoms with Gasteiger partial charge in [-0.2, -0.15) is 0 Å². The predicted molar refractivity (Wildman–Crippen MR) is 93.7 cm³/mol. The average Bonchev–Trinajstić information content (AvgIpc) is 2.55. The molecule has 116 valence electrons. The normalized spacial score (nSPS) is 13.5. The van der Waals surface area contributed by atoms with Gasteiger partial charge in [0.05, 0.1) is 0 Å². The van der Waals surface area contributed by atoms with Gasteiger partial charge < -0.3 is 10.8 Å². The first-order valence-corrected chi connectivity index (χ1v) is 7.72. The second-order valence-electron chi connectivity index (χ2n) is 5.20. The maximum Gasteiger partial charge on any atom is 0.143 e. The Bertz CT molecular complexity index is 822. The molecule has 0 radical (unpaired) electrons. The number of benzene rings is 2. The van der Waals surface area contributed by atoms with E-state index in [4.69, 9.17) is 28.9 Å². The molecule has 0 saturated heterocycles. The molecule has 3 nitrogen and oxygen atoms in total. The lowest BCUT2D eigenvalue weighted by atomic mass is 9.81. The molecule has 3 aromatic rings. The molecule has 0 spiro atoms. The maximum atomic E-state index is 11.6. The Morgan fingerprint density at radius 1 is 0.957 bits per heavy atom. The SMILES string of the molecule is Nc1ccc(C(O)(c2ccc(Cl)cc2)c2cccnc2)c(Cl)c1. The highest BCUT2D eigenvalue weighted by atomic mass is 35.5. The number of nitrogens with zero attached hydrogens (tertiary/aromatic N) is 1. The van der Waals surface area contributed by atoms with Crippen LogP contribution in [0.3, 0.4) is 0 Å². The van der Waals surface area contributed by atoms with Crippen molar-refractivity contribution in [3.63, 3.8) is 0 Å². The van der Waals surface area contributed by atoms with E-state index in [0.29, 0.717) is 32.4 Å². The molecule has 5 heteroatoms. The highest BCUT2D eigenvalue weighted by Crippen LogP contribution is 2.40. The quantitative estimate of drug-likeness (QED) is 0.698. The van der Waals surface area contributed by atoms with Gasteiger partial charge in [-0.15, -0.1) is 0 Å². The fourth-order valence-electron chi connectivity index (χ4n) is 2.57. The Morgan fingerprint density at radius 2 is 1.70 bits per heavy atom. The van der Waals surface area contributed by atoms with Crippen molar-refractivity contribution < 1.29 is 5.11 Å². The molecule has 1 aromatic heterocycles. The zero-order valence-electron chi connectivity index (χ0n) is 12.1. The summed E-state index contributed by atoms with van der Waals surface area (Å²) in [6.07, 6.45) is 3.26. The van der Waals surface area contributed by atoms with Gasteiger partial charge in [-0.25, -0.2) is 0 Å². The zero-order valence-corrected chi connectivity index (χ0v) is 13.6. The summed E-state index contributed by atoms with van der Waals surface area (Å²) in [5.41, 5.74) is 6.63. The first kappa shape index (κ1) is 15.8. The number of pyridine rings is 1. The molecule has 0 fully saturated rings. The van der Waals surface area contributed by atoms with Crippen LogP contribution in [-0.4, -0.2) is 10.1 Å². The van der Waals surface area contributed by atoms with E-state index in [0.717, 1.165) is 0 Å². The van der Waals surface area contributed by atoms with Crippen molar-refractivity contribution >= 4 is 28.9 Å². The monoisotopic (exact) mass is 344 g/mol. The van der Waals surface area contributed by atoms with Crippen molar-refractivity contribution in [2.45, 2.75) is 5.60 Å². The number of aromatic nitrogens is 1. The molecule has 1 atom stereocenters. The predicted octanol–water partition coefficient (Wildman–Crippen LogP) is 4.25. The molecule has 1 heterocycles. The summed E-state index contributed by atoms with van der Waals surface area (Å²) in [7, 11) is 0. The minimum atomic E-state index is -1.45. The molecule has 3 rings (SSSR count). The second-order valence-corrected chi connectivity index (χ2v) is 6.04. The minimum absolute atomic E-state index is 0.381. The molecule has 1 unspecified atom stereocenters. The highest BCUT2D eigenvalue weighted by molar-refractivity contribution is 6.32. The molecular weight excluding hydrogens is 331 g/mol. The van der Waals surface area contributed by atoms with Gasteiger partial charge in [0.25, 0.3) is 0 Å². The minimum Gasteiger partial charge on any atom is -0.399 e. The lowest BCUT2D eigenvalue weighted by Crippen LogP contribution is -2.29. The number of hydrogen-bond donors (Lipinski definition) is 2. The van der Waals surface area contributed by atoms with E-state index < -0.39 is 5.60 Å². The molecule has 3 N–H and O–H groups in total. The van der Waals surface area contributed by atoms with Crippen LogP contribution < -0.4 is 5.73 Å². The van der Waals surface area contributed by atoms with Gasteiger partial charge >= 0.3 is 0 Å². The van der Waals surface area contributed by atoms with Gasteiger partial charge in [0.15, 0.2) is 0 Å². The average molecular weight is 345 g/mol. The first-order valence-electron chi connectivity index (χ1n) is 6.96. The van der Waals surface area contributed by atoms with E-state index in [-0.39, 0.29) is 0 Å². The van der Waals surface area contributed by atoms with E-state index in [9.17, 15) is 5.11 Å². The van der Waals surface area contributed by atoms with Crippen LogP contribution in [0.25, 0.3) is 0 Å². The summed E-state index contributed by atoms with van der Waals surface area (Å²) >= 11 is 12.3. The summed E-state index contributed by atoms with van der Waals surface area (Å²) in [5, 5.41) is 12.5. The summed E-state index contributed by atoms with van der Waals surface area (Å²) in [5.74, 6) is 0. The number of anilines is 1. The largest absolute Gasteiger partial charge is 0.399 e. The smallest absolute Gasteiger partial charge is 0.143 e. The van der Waals surface area contributed by atoms with Gasteiger partial charge in [0.2, 0.25) is 0 Å². The second kappa shape index (κ2) is 6.20. The number of nitrogens with two attached hydrogens (primary N) is 1. The maximum absolute atomic E-state index is 11.6. The van der Waals surface area contributed by atoms with Crippen LogP contribution in [0.15, 0.2) is 67.0 Å². The Kier molecular flexibility index (Phi) is 4.26. The molecule has 23 heavy (non-hydrogen) atoms. The molecule has 0 amide bonds. The third-order valence-corrected chi connectivity index (χ3v) is 4.29. The van der Waals surface area contributed by atoms with Crippen LogP contribution in [-0.2, 0) is 5.60 Å². The third kappa shape index (κ3) is 2.91. The Morgan fingerprint density at radius 3 is 2.30 bits per heavy atom. The van der Waals surface area contributed by atoms with Crippen molar-refractivity contribution in [3.8, 4) is 0 Å². The molecular formula is C18H14Cl2N2O. The van der Waals surface area contributed by atoms with E-state index in [2.05, 4.69) is 4.98 Å². The van der Waals surface area contributed by atoms with Crippen molar-refractivity contribution in [3.05, 3.63) is 93.7 Å². The Hall–Kier alpha value is -2.07. The van der Waals surface area contributed by atoms with Crippen LogP contribution in [0.1, 0.15) is 16.7 Å². The van der Waals surface area contributed by atoms with E-state index in [1.54, 1.807) is 67.0 Å². The van der Waals surface area contributed by atoms with Crippen LogP contribution in [0.5, 0.6) is 0 Å². The van der Waals surface area contributed by atoms with E-state index >= 15 is 0 Å². The van der Waals surface area contributed by atoms with Crippen molar-refractivity contribution in [1.29, 1.82) is 0 Å². The lowest BCUT2D eigenvalue weighted by molar-refractivity contribution is 0.125. The van der Waals surface area contributed by atoms with Gasteiger partial charge in [-0.05, 0) is 35.9 Å². The van der Waals surface area contributed by atoms with Crippen LogP contribution in [0.2, 0.25) is 10.0 Å². The summed E-state index contributed by atoms with van der Waals surface area (Å²) < 4.78 is 0. The van der Waals surface area contributed by atoms with Crippen LogP contribution in [0, 0.1) is 0 Å². The van der Waals surface area contributed by atoms with Crippen LogP contribution >= 0.6 is 23.2 Å². The van der Waals surface area contributed by atoms with Crippen molar-refractivity contribution in [2.24, 2.45) is 0 Å². The fourth-order valence-corrected chi connectivity index (χ4v) is 3.02. The summed E-state index contributed by atoms with van der Waals surface area (Å²) in [4.78, 5) is 4.11. The Balaban J connectivity index is 2.28. The number of halogens is 2. The highest BCUT2D eigenvalue weighted by Gasteiger charge is 2.35. The number of hydrogen-bond acceptors (Lipinski definition) is 3. The van der Waals surface area contributed by atoms with E-state index in [1.165, 1.54) is 0 Å². The summed E-state index contributed by atoms with van der Waals surface area (Å²) in [6, 6.07) is 15.6. The standard InChI is InChI=1S/C18H14Cl2N2O/c19-14-5-3-12(4-6-14)18(23,13-2-1-9-22-11-13)16-8-7-15(21)10-17(16)20/h1-11,23H,21H2. The molecule has 2 aromatic carbocycles. The van der Waals surface area contributed by atoms with Gasteiger partial charge in [-0.1, -0.05) is 47.5 Å². The first-order chi connectivity index (χ1) is 11.0. The van der Waals surface area contributed by atoms with Gasteiger partial charge in [0.1, 0.15) is 5.60 Å². The molecule has 0 aliphatic carbocycles. The molecule has 0 bridgehead atoms. The van der Waals surface area contributed by atoms with Crippen molar-refractivity contribution in [1.82, 2.24) is 4.98 Å². The van der Waals surface area contributed by atoms with Gasteiger partial charge in [0, 0.05) is 39.3 Å². The van der Waals surface area contributed by atoms with E-state index in [1.807, 2.05) is 0 Å². The topological polar surface area (TPSA) is 59.1 Å². The van der Waals surface area contributed by atoms with Gasteiger partial charge in [-0.3, -0.25) is 4.98 Å². The fraction of sp³-hybridized carbons (Fsp3) is 0.0556. The Labute approximate surface area is 144 Å². The molecule has 0 aliphatic rings. The number of rotatable bonds is 3. The number of aliphatic hydroxyl groups is 1. The third-order valence-electron chi connectivity index (χ3n) is 3.72. The van der Waals surface area contributed by atoms with Crippen molar-refractivity contribution in [2.75, 3.05) is 5.73 Å². The van der Waals surface area contributed by atoms with Crippen LogP contribution in [0.4, 0.5) is 5.69 Å². The number of nitrogen functional groups attached to an aromatic ring is 1.